The van der Waals surface area contributed by atoms with Crippen molar-refractivity contribution in [2.45, 2.75) is 18.9 Å². The molecule has 1 heterocycles. The van der Waals surface area contributed by atoms with Crippen molar-refractivity contribution in [3.63, 3.8) is 0 Å². The van der Waals surface area contributed by atoms with Crippen molar-refractivity contribution in [3.8, 4) is 5.75 Å². The van der Waals surface area contributed by atoms with Crippen LogP contribution in [0.3, 0.4) is 0 Å². The summed E-state index contributed by atoms with van der Waals surface area (Å²) in [5, 5.41) is 10.9. The summed E-state index contributed by atoms with van der Waals surface area (Å²) in [4.78, 5) is 26.0. The molecule has 0 amide bonds. The van der Waals surface area contributed by atoms with Gasteiger partial charge in [0.25, 0.3) is 5.69 Å². The number of nitro groups is 1. The number of fused-ring (bicyclic) bond motifs is 1. The Morgan fingerprint density at radius 3 is 2.91 bits per heavy atom. The van der Waals surface area contributed by atoms with Gasteiger partial charge in [0.05, 0.1) is 23.8 Å². The lowest BCUT2D eigenvalue weighted by Crippen LogP contribution is -2.06. The maximum absolute atomic E-state index is 11.5. The minimum atomic E-state index is -0.495. The first-order chi connectivity index (χ1) is 11.1. The minimum absolute atomic E-state index is 0.0423. The average Bonchev–Trinajstić information content (AvgIpc) is 2.96. The summed E-state index contributed by atoms with van der Waals surface area (Å²) >= 11 is 0. The molecular weight excluding hydrogens is 300 g/mol. The van der Waals surface area contributed by atoms with E-state index in [-0.39, 0.29) is 11.8 Å². The summed E-state index contributed by atoms with van der Waals surface area (Å²) < 4.78 is 10.5. The van der Waals surface area contributed by atoms with Gasteiger partial charge in [0.15, 0.2) is 0 Å². The second kappa shape index (κ2) is 6.04. The number of hydrogen-bond acceptors (Lipinski definition) is 6. The Balaban J connectivity index is 1.85. The maximum Gasteiger partial charge on any atom is 0.339 e. The van der Waals surface area contributed by atoms with Gasteiger partial charge in [-0.15, -0.1) is 0 Å². The van der Waals surface area contributed by atoms with E-state index in [0.717, 1.165) is 24.0 Å². The molecule has 7 nitrogen and oxygen atoms in total. The van der Waals surface area contributed by atoms with E-state index in [1.165, 1.54) is 25.6 Å². The number of ether oxygens (including phenoxy) is 2. The van der Waals surface area contributed by atoms with E-state index in [1.54, 1.807) is 18.2 Å². The predicted octanol–water partition coefficient (Wildman–Crippen LogP) is 2.84. The zero-order valence-corrected chi connectivity index (χ0v) is 12.4. The zero-order chi connectivity index (χ0) is 16.4. The van der Waals surface area contributed by atoms with Gasteiger partial charge in [-0.2, -0.15) is 0 Å². The molecule has 1 aromatic carbocycles. The summed E-state index contributed by atoms with van der Waals surface area (Å²) in [6.07, 6.45) is 4.12. The number of benzene rings is 1. The number of non-ortho nitro benzene ring substituents is 1. The Hall–Kier alpha value is -2.96. The van der Waals surface area contributed by atoms with Crippen LogP contribution in [0.2, 0.25) is 0 Å². The van der Waals surface area contributed by atoms with E-state index in [0.29, 0.717) is 11.3 Å². The number of hydrogen-bond donors (Lipinski definition) is 0. The summed E-state index contributed by atoms with van der Waals surface area (Å²) in [6.45, 7) is 0. The second-order valence-electron chi connectivity index (χ2n) is 5.19. The lowest BCUT2D eigenvalue weighted by Gasteiger charge is -2.15. The molecule has 0 bridgehead atoms. The number of methoxy groups -OCH3 is 1. The largest absolute Gasteiger partial charge is 0.484 e. The molecule has 0 saturated carbocycles. The summed E-state index contributed by atoms with van der Waals surface area (Å²) in [6, 6.07) is 6.36. The van der Waals surface area contributed by atoms with Crippen molar-refractivity contribution >= 4 is 11.7 Å². The monoisotopic (exact) mass is 314 g/mol. The first-order valence-corrected chi connectivity index (χ1v) is 7.05. The molecule has 0 unspecified atom stereocenters. The van der Waals surface area contributed by atoms with Crippen molar-refractivity contribution in [1.82, 2.24) is 4.98 Å². The maximum atomic E-state index is 11.5. The van der Waals surface area contributed by atoms with Crippen LogP contribution >= 0.6 is 0 Å². The molecule has 0 fully saturated rings. The summed E-state index contributed by atoms with van der Waals surface area (Å²) in [5.41, 5.74) is 2.18. The van der Waals surface area contributed by atoms with Crippen LogP contribution in [0.1, 0.15) is 34.0 Å². The van der Waals surface area contributed by atoms with E-state index in [9.17, 15) is 14.9 Å². The highest BCUT2D eigenvalue weighted by atomic mass is 16.6. The highest BCUT2D eigenvalue weighted by Crippen LogP contribution is 2.36. The lowest BCUT2D eigenvalue weighted by atomic mass is 10.1. The molecule has 118 valence electrons. The first kappa shape index (κ1) is 15.0. The van der Waals surface area contributed by atoms with Crippen LogP contribution in [-0.2, 0) is 11.2 Å². The van der Waals surface area contributed by atoms with E-state index in [1.807, 2.05) is 0 Å². The van der Waals surface area contributed by atoms with Gasteiger partial charge in [-0.25, -0.2) is 4.79 Å². The number of esters is 1. The standard InChI is InChI=1S/C16H14N2O5/c1-22-16(19)11-6-13(9-17-8-11)23-15-5-3-10-2-4-12(18(20)21)7-14(10)15/h2,4,6-9,15H,3,5H2,1H3/t15-/m0/s1. The van der Waals surface area contributed by atoms with Crippen LogP contribution < -0.4 is 4.74 Å². The summed E-state index contributed by atoms with van der Waals surface area (Å²) in [7, 11) is 1.29. The smallest absolute Gasteiger partial charge is 0.339 e. The molecule has 1 aliphatic rings. The van der Waals surface area contributed by atoms with Crippen molar-refractivity contribution in [1.29, 1.82) is 0 Å². The van der Waals surface area contributed by atoms with E-state index < -0.39 is 10.9 Å². The number of nitrogens with zero attached hydrogens (tertiary/aromatic N) is 2. The van der Waals surface area contributed by atoms with Crippen molar-refractivity contribution in [2.75, 3.05) is 7.11 Å². The average molecular weight is 314 g/mol. The number of carbonyl (C=O) groups is 1. The van der Waals surface area contributed by atoms with Crippen LogP contribution in [0.25, 0.3) is 0 Å². The molecule has 7 heteroatoms. The van der Waals surface area contributed by atoms with Crippen LogP contribution in [0.4, 0.5) is 5.69 Å². The Labute approximate surface area is 132 Å². The molecule has 0 radical (unpaired) electrons. The van der Waals surface area contributed by atoms with Crippen molar-refractivity contribution < 1.29 is 19.2 Å². The molecule has 2 aromatic rings. The van der Waals surface area contributed by atoms with E-state index in [2.05, 4.69) is 9.72 Å². The summed E-state index contributed by atoms with van der Waals surface area (Å²) in [5.74, 6) is -0.0670. The Bertz CT molecular complexity index is 775. The van der Waals surface area contributed by atoms with Crippen LogP contribution in [0.15, 0.2) is 36.7 Å². The number of rotatable bonds is 4. The van der Waals surface area contributed by atoms with Crippen molar-refractivity contribution in [2.24, 2.45) is 0 Å². The number of nitro benzene ring substituents is 1. The van der Waals surface area contributed by atoms with Gasteiger partial charge in [0, 0.05) is 23.9 Å². The van der Waals surface area contributed by atoms with Crippen LogP contribution in [0, 0.1) is 10.1 Å². The van der Waals surface area contributed by atoms with Gasteiger partial charge in [0.2, 0.25) is 0 Å². The van der Waals surface area contributed by atoms with E-state index in [4.69, 9.17) is 4.74 Å². The van der Waals surface area contributed by atoms with Gasteiger partial charge in [-0.1, -0.05) is 6.07 Å². The Morgan fingerprint density at radius 2 is 2.17 bits per heavy atom. The highest BCUT2D eigenvalue weighted by molar-refractivity contribution is 5.89. The third kappa shape index (κ3) is 2.98. The van der Waals surface area contributed by atoms with Crippen LogP contribution in [0.5, 0.6) is 5.75 Å². The molecule has 0 saturated heterocycles. The molecular formula is C16H14N2O5. The third-order valence-corrected chi connectivity index (χ3v) is 3.78. The van der Waals surface area contributed by atoms with E-state index >= 15 is 0 Å². The fourth-order valence-corrected chi connectivity index (χ4v) is 2.66. The zero-order valence-electron chi connectivity index (χ0n) is 12.4. The Kier molecular flexibility index (Phi) is 3.92. The number of aryl methyl sites for hydroxylation is 1. The first-order valence-electron chi connectivity index (χ1n) is 7.05. The van der Waals surface area contributed by atoms with Crippen LogP contribution in [-0.4, -0.2) is 23.0 Å². The molecule has 0 N–H and O–H groups in total. The SMILES string of the molecule is COC(=O)c1cncc(O[C@H]2CCc3ccc([N+](=O)[O-])cc32)c1. The fourth-order valence-electron chi connectivity index (χ4n) is 2.66. The second-order valence-corrected chi connectivity index (χ2v) is 5.19. The molecule has 0 aliphatic heterocycles. The van der Waals surface area contributed by atoms with Gasteiger partial charge in [-0.3, -0.25) is 15.1 Å². The normalized spacial score (nSPS) is 15.8. The molecule has 1 aliphatic carbocycles. The molecule has 1 aromatic heterocycles. The minimum Gasteiger partial charge on any atom is -0.484 e. The lowest BCUT2D eigenvalue weighted by molar-refractivity contribution is -0.385. The molecule has 0 spiro atoms. The number of aromatic nitrogens is 1. The van der Waals surface area contributed by atoms with Gasteiger partial charge in [-0.05, 0) is 24.5 Å². The van der Waals surface area contributed by atoms with Gasteiger partial charge >= 0.3 is 5.97 Å². The molecule has 3 rings (SSSR count). The van der Waals surface area contributed by atoms with Gasteiger partial charge < -0.3 is 9.47 Å². The quantitative estimate of drug-likeness (QED) is 0.489. The molecule has 23 heavy (non-hydrogen) atoms. The number of pyridine rings is 1. The predicted molar refractivity (Wildman–Crippen MR) is 80.4 cm³/mol. The number of carbonyl (C=O) groups excluding carboxylic acids is 1. The molecule has 1 atom stereocenters. The third-order valence-electron chi connectivity index (χ3n) is 3.78. The van der Waals surface area contributed by atoms with Crippen molar-refractivity contribution in [3.05, 3.63) is 63.5 Å². The fraction of sp³-hybridized carbons (Fsp3) is 0.250. The van der Waals surface area contributed by atoms with Gasteiger partial charge in [0.1, 0.15) is 11.9 Å². The Morgan fingerprint density at radius 1 is 1.35 bits per heavy atom. The topological polar surface area (TPSA) is 91.6 Å². The highest BCUT2D eigenvalue weighted by Gasteiger charge is 2.26.